The summed E-state index contributed by atoms with van der Waals surface area (Å²) in [4.78, 5) is 10.2. The van der Waals surface area contributed by atoms with Crippen LogP contribution in [0.4, 0.5) is 5.69 Å². The summed E-state index contributed by atoms with van der Waals surface area (Å²) in [5.41, 5.74) is 12.4. The highest BCUT2D eigenvalue weighted by Gasteiger charge is 2.12. The third-order valence-corrected chi connectivity index (χ3v) is 3.11. The first-order valence-corrected chi connectivity index (χ1v) is 6.71. The molecule has 6 nitrogen and oxygen atoms in total. The molecule has 20 heavy (non-hydrogen) atoms. The number of nitrogens with zero attached hydrogens (tertiary/aromatic N) is 3. The molecule has 4 N–H and O–H groups in total. The van der Waals surface area contributed by atoms with Crippen molar-refractivity contribution in [1.29, 1.82) is 0 Å². The van der Waals surface area contributed by atoms with Gasteiger partial charge in [-0.2, -0.15) is 4.99 Å². The fourth-order valence-electron chi connectivity index (χ4n) is 1.68. The third kappa shape index (κ3) is 4.99. The van der Waals surface area contributed by atoms with Gasteiger partial charge in [0.15, 0.2) is 5.96 Å². The SMILES string of the molecule is Cl.NC(=Nc1cccc(Br)c1)N=C(N)N1CCOCC1. The molecule has 1 aromatic rings. The zero-order valence-electron chi connectivity index (χ0n) is 10.8. The first-order chi connectivity index (χ1) is 9.15. The summed E-state index contributed by atoms with van der Waals surface area (Å²) < 4.78 is 6.18. The van der Waals surface area contributed by atoms with Gasteiger partial charge in [0.2, 0.25) is 5.96 Å². The molecule has 0 atom stereocenters. The van der Waals surface area contributed by atoms with E-state index < -0.39 is 0 Å². The predicted molar refractivity (Wildman–Crippen MR) is 86.7 cm³/mol. The third-order valence-electron chi connectivity index (χ3n) is 2.62. The zero-order chi connectivity index (χ0) is 13.7. The maximum Gasteiger partial charge on any atom is 0.223 e. The van der Waals surface area contributed by atoms with Gasteiger partial charge in [0.25, 0.3) is 0 Å². The molecular weight excluding hydrogens is 346 g/mol. The second-order valence-electron chi connectivity index (χ2n) is 4.02. The summed E-state index contributed by atoms with van der Waals surface area (Å²) in [6.45, 7) is 2.75. The van der Waals surface area contributed by atoms with Crippen molar-refractivity contribution in [2.45, 2.75) is 0 Å². The standard InChI is InChI=1S/C12H16BrN5O.ClH/c13-9-2-1-3-10(8-9)16-11(14)17-12(15)18-4-6-19-7-5-18;/h1-3,8H,4-7H2,(H4,14,15,16,17);1H. The van der Waals surface area contributed by atoms with E-state index in [4.69, 9.17) is 16.2 Å². The highest BCUT2D eigenvalue weighted by molar-refractivity contribution is 9.10. The van der Waals surface area contributed by atoms with E-state index in [1.165, 1.54) is 0 Å². The minimum absolute atomic E-state index is 0. The van der Waals surface area contributed by atoms with E-state index in [9.17, 15) is 0 Å². The van der Waals surface area contributed by atoms with Crippen LogP contribution in [0, 0.1) is 0 Å². The van der Waals surface area contributed by atoms with Gasteiger partial charge in [-0.05, 0) is 18.2 Å². The normalized spacial score (nSPS) is 16.8. The number of benzene rings is 1. The Labute approximate surface area is 132 Å². The average Bonchev–Trinajstić information content (AvgIpc) is 2.39. The van der Waals surface area contributed by atoms with Gasteiger partial charge < -0.3 is 21.1 Å². The first kappa shape index (κ1) is 16.7. The van der Waals surface area contributed by atoms with Gasteiger partial charge in [0, 0.05) is 17.6 Å². The molecular formula is C12H17BrClN5O. The molecule has 0 aliphatic carbocycles. The lowest BCUT2D eigenvalue weighted by Crippen LogP contribution is -2.45. The van der Waals surface area contributed by atoms with Crippen molar-refractivity contribution in [3.63, 3.8) is 0 Å². The van der Waals surface area contributed by atoms with Gasteiger partial charge in [-0.1, -0.05) is 22.0 Å². The summed E-state index contributed by atoms with van der Waals surface area (Å²) in [6, 6.07) is 7.50. The van der Waals surface area contributed by atoms with Crippen LogP contribution >= 0.6 is 28.3 Å². The maximum atomic E-state index is 5.88. The van der Waals surface area contributed by atoms with Crippen LogP contribution in [0.25, 0.3) is 0 Å². The molecule has 110 valence electrons. The molecule has 0 unspecified atom stereocenters. The fraction of sp³-hybridized carbons (Fsp3) is 0.333. The molecule has 1 aromatic carbocycles. The highest BCUT2D eigenvalue weighted by Crippen LogP contribution is 2.18. The first-order valence-electron chi connectivity index (χ1n) is 5.92. The van der Waals surface area contributed by atoms with E-state index in [2.05, 4.69) is 25.9 Å². The molecule has 2 rings (SSSR count). The van der Waals surface area contributed by atoms with E-state index >= 15 is 0 Å². The molecule has 0 saturated carbocycles. The lowest BCUT2D eigenvalue weighted by molar-refractivity contribution is 0.0676. The molecule has 0 amide bonds. The summed E-state index contributed by atoms with van der Waals surface area (Å²) in [6.07, 6.45) is 0. The fourth-order valence-corrected chi connectivity index (χ4v) is 2.07. The minimum Gasteiger partial charge on any atom is -0.378 e. The van der Waals surface area contributed by atoms with Crippen molar-refractivity contribution in [1.82, 2.24) is 4.90 Å². The van der Waals surface area contributed by atoms with E-state index in [1.54, 1.807) is 0 Å². The Morgan fingerprint density at radius 3 is 2.60 bits per heavy atom. The van der Waals surface area contributed by atoms with E-state index in [0.29, 0.717) is 19.2 Å². The van der Waals surface area contributed by atoms with Crippen molar-refractivity contribution in [3.05, 3.63) is 28.7 Å². The molecule has 1 aliphatic rings. The Hall–Kier alpha value is -1.31. The van der Waals surface area contributed by atoms with Crippen LogP contribution in [-0.4, -0.2) is 43.1 Å². The number of nitrogens with two attached hydrogens (primary N) is 2. The Kier molecular flexibility index (Phi) is 6.77. The van der Waals surface area contributed by atoms with E-state index in [1.807, 2.05) is 29.2 Å². The maximum absolute atomic E-state index is 5.88. The largest absolute Gasteiger partial charge is 0.378 e. The Bertz CT molecular complexity index is 502. The van der Waals surface area contributed by atoms with Crippen LogP contribution < -0.4 is 11.5 Å². The van der Waals surface area contributed by atoms with Crippen molar-refractivity contribution < 1.29 is 4.74 Å². The number of hydrogen-bond acceptors (Lipinski definition) is 2. The van der Waals surface area contributed by atoms with Gasteiger partial charge in [-0.15, -0.1) is 12.4 Å². The summed E-state index contributed by atoms with van der Waals surface area (Å²) in [5, 5.41) is 0. The number of aliphatic imine (C=N–C) groups is 2. The van der Waals surface area contributed by atoms with Crippen LogP contribution in [0.2, 0.25) is 0 Å². The van der Waals surface area contributed by atoms with Crippen LogP contribution in [-0.2, 0) is 4.74 Å². The topological polar surface area (TPSA) is 89.2 Å². The summed E-state index contributed by atoms with van der Waals surface area (Å²) in [7, 11) is 0. The average molecular weight is 363 g/mol. The molecule has 1 fully saturated rings. The van der Waals surface area contributed by atoms with Crippen molar-refractivity contribution in [2.24, 2.45) is 21.5 Å². The number of ether oxygens (including phenoxy) is 1. The number of morpholine rings is 1. The molecule has 0 radical (unpaired) electrons. The molecule has 8 heteroatoms. The lowest BCUT2D eigenvalue weighted by atomic mass is 10.3. The van der Waals surface area contributed by atoms with Crippen LogP contribution in [0.15, 0.2) is 38.7 Å². The Morgan fingerprint density at radius 1 is 1.25 bits per heavy atom. The molecule has 1 heterocycles. The van der Waals surface area contributed by atoms with Gasteiger partial charge in [-0.25, -0.2) is 4.99 Å². The summed E-state index contributed by atoms with van der Waals surface area (Å²) in [5.74, 6) is 0.515. The quantitative estimate of drug-likeness (QED) is 0.585. The monoisotopic (exact) mass is 361 g/mol. The number of hydrogen-bond donors (Lipinski definition) is 2. The smallest absolute Gasteiger partial charge is 0.223 e. The van der Waals surface area contributed by atoms with Gasteiger partial charge >= 0.3 is 0 Å². The van der Waals surface area contributed by atoms with Crippen molar-refractivity contribution in [2.75, 3.05) is 26.3 Å². The van der Waals surface area contributed by atoms with E-state index in [-0.39, 0.29) is 18.4 Å². The van der Waals surface area contributed by atoms with Crippen LogP contribution in [0.1, 0.15) is 0 Å². The Morgan fingerprint density at radius 2 is 1.95 bits per heavy atom. The van der Waals surface area contributed by atoms with Crippen LogP contribution in [0.3, 0.4) is 0 Å². The van der Waals surface area contributed by atoms with Crippen LogP contribution in [0.5, 0.6) is 0 Å². The lowest BCUT2D eigenvalue weighted by Gasteiger charge is -2.27. The molecule has 1 aliphatic heterocycles. The molecule has 1 saturated heterocycles. The second-order valence-corrected chi connectivity index (χ2v) is 4.93. The van der Waals surface area contributed by atoms with Gasteiger partial charge in [-0.3, -0.25) is 0 Å². The van der Waals surface area contributed by atoms with E-state index in [0.717, 1.165) is 23.2 Å². The number of rotatable bonds is 1. The zero-order valence-corrected chi connectivity index (χ0v) is 13.2. The minimum atomic E-state index is 0. The van der Waals surface area contributed by atoms with Gasteiger partial charge in [0.1, 0.15) is 0 Å². The van der Waals surface area contributed by atoms with Crippen molar-refractivity contribution >= 4 is 45.9 Å². The summed E-state index contributed by atoms with van der Waals surface area (Å²) >= 11 is 3.37. The van der Waals surface area contributed by atoms with Gasteiger partial charge in [0.05, 0.1) is 18.9 Å². The number of guanidine groups is 2. The van der Waals surface area contributed by atoms with Crippen molar-refractivity contribution in [3.8, 4) is 0 Å². The molecule has 0 bridgehead atoms. The molecule has 0 spiro atoms. The Balaban J connectivity index is 0.00000200. The highest BCUT2D eigenvalue weighted by atomic mass is 79.9. The predicted octanol–water partition coefficient (Wildman–Crippen LogP) is 1.46. The number of halogens is 2. The molecule has 0 aromatic heterocycles. The second kappa shape index (κ2) is 8.08.